The topological polar surface area (TPSA) is 63.0 Å². The van der Waals surface area contributed by atoms with Gasteiger partial charge in [0, 0.05) is 38.2 Å². The second-order valence-corrected chi connectivity index (χ2v) is 15.4. The van der Waals surface area contributed by atoms with E-state index < -0.39 is 0 Å². The Morgan fingerprint density at radius 1 is 0.400 bits per heavy atom. The number of benzene rings is 9. The van der Waals surface area contributed by atoms with Gasteiger partial charge in [-0.05, 0) is 86.6 Å². The molecule has 9 aromatic carbocycles. The lowest BCUT2D eigenvalue weighted by Crippen LogP contribution is -2.33. The fourth-order valence-electron chi connectivity index (χ4n) is 8.74. The summed E-state index contributed by atoms with van der Waals surface area (Å²) in [5, 5.41) is 10.3. The summed E-state index contributed by atoms with van der Waals surface area (Å²) in [6, 6.07) is 69.9. The molecule has 12 rings (SSSR count). The zero-order valence-electron chi connectivity index (χ0n) is 32.3. The normalized spacial score (nSPS) is 14.2. The minimum atomic E-state index is -0.387. The smallest absolute Gasteiger partial charge is 0.159 e. The Balaban J connectivity index is 1.01. The summed E-state index contributed by atoms with van der Waals surface area (Å²) in [4.78, 5) is 10.6. The Hall–Kier alpha value is -8.02. The molecule has 1 unspecified atom stereocenters. The van der Waals surface area contributed by atoms with Crippen LogP contribution in [0.3, 0.4) is 0 Å². The number of rotatable bonds is 6. The maximum Gasteiger partial charge on any atom is 0.159 e. The summed E-state index contributed by atoms with van der Waals surface area (Å²) in [6.45, 7) is 0. The first-order valence-corrected chi connectivity index (χ1v) is 20.2. The minimum absolute atomic E-state index is 0.387. The summed E-state index contributed by atoms with van der Waals surface area (Å²) in [6.07, 6.45) is -0.387. The molecule has 0 amide bonds. The van der Waals surface area contributed by atoms with E-state index in [9.17, 15) is 0 Å². The Morgan fingerprint density at radius 2 is 1.07 bits per heavy atom. The molecule has 1 aliphatic heterocycles. The van der Waals surface area contributed by atoms with Gasteiger partial charge >= 0.3 is 0 Å². The van der Waals surface area contributed by atoms with Crippen molar-refractivity contribution in [2.45, 2.75) is 6.17 Å². The van der Waals surface area contributed by atoms with E-state index in [4.69, 9.17) is 18.8 Å². The number of nitrogens with zero attached hydrogens (tertiary/aromatic N) is 2. The molecule has 2 aromatic heterocycles. The van der Waals surface area contributed by atoms with Gasteiger partial charge in [-0.2, -0.15) is 0 Å². The van der Waals surface area contributed by atoms with Crippen LogP contribution in [-0.2, 0) is 0 Å². The maximum absolute atomic E-state index is 6.81. The number of hydrogen-bond donors (Lipinski definition) is 1. The summed E-state index contributed by atoms with van der Waals surface area (Å²) < 4.78 is 13.0. The van der Waals surface area contributed by atoms with E-state index in [1.54, 1.807) is 0 Å². The number of furan rings is 2. The molecule has 0 aliphatic carbocycles. The second-order valence-electron chi connectivity index (χ2n) is 15.4. The summed E-state index contributed by atoms with van der Waals surface area (Å²) in [5.41, 5.74) is 12.9. The van der Waals surface area contributed by atoms with Gasteiger partial charge in [-0.25, -0.2) is 9.98 Å². The van der Waals surface area contributed by atoms with Crippen LogP contribution in [0.15, 0.2) is 219 Å². The van der Waals surface area contributed by atoms with Gasteiger partial charge in [0.05, 0.1) is 0 Å². The molecule has 0 bridgehead atoms. The predicted molar refractivity (Wildman–Crippen MR) is 247 cm³/mol. The molecule has 0 fully saturated rings. The highest BCUT2D eigenvalue weighted by Gasteiger charge is 2.24. The zero-order valence-corrected chi connectivity index (χ0v) is 32.3. The molecule has 0 spiro atoms. The van der Waals surface area contributed by atoms with E-state index >= 15 is 0 Å². The lowest BCUT2D eigenvalue weighted by molar-refractivity contribution is 0.669. The van der Waals surface area contributed by atoms with Crippen molar-refractivity contribution in [1.29, 1.82) is 0 Å². The number of hydrogen-bond acceptors (Lipinski definition) is 5. The molecular weight excluding hydrogens is 735 g/mol. The molecule has 1 atom stereocenters. The Morgan fingerprint density at radius 3 is 1.92 bits per heavy atom. The molecular formula is C55H35N3O2. The Bertz CT molecular complexity index is 3510. The number of fused-ring (bicyclic) bond motifs is 8. The first-order chi connectivity index (χ1) is 29.7. The van der Waals surface area contributed by atoms with E-state index in [0.29, 0.717) is 5.84 Å². The van der Waals surface area contributed by atoms with E-state index in [-0.39, 0.29) is 6.17 Å². The first-order valence-electron chi connectivity index (χ1n) is 20.2. The van der Waals surface area contributed by atoms with Crippen LogP contribution in [0.2, 0.25) is 0 Å². The molecule has 282 valence electrons. The van der Waals surface area contributed by atoms with Crippen molar-refractivity contribution in [2.24, 2.45) is 9.98 Å². The van der Waals surface area contributed by atoms with Crippen molar-refractivity contribution in [3.63, 3.8) is 0 Å². The molecule has 5 nitrogen and oxygen atoms in total. The van der Waals surface area contributed by atoms with Crippen LogP contribution in [0.1, 0.15) is 22.9 Å². The molecule has 0 radical (unpaired) electrons. The van der Waals surface area contributed by atoms with Crippen molar-refractivity contribution in [3.8, 4) is 33.4 Å². The highest BCUT2D eigenvalue weighted by Crippen LogP contribution is 2.42. The van der Waals surface area contributed by atoms with E-state index in [1.165, 1.54) is 0 Å². The van der Waals surface area contributed by atoms with Gasteiger partial charge in [-0.1, -0.05) is 158 Å². The van der Waals surface area contributed by atoms with Gasteiger partial charge in [-0.15, -0.1) is 0 Å². The monoisotopic (exact) mass is 769 g/mol. The third-order valence-electron chi connectivity index (χ3n) is 11.7. The largest absolute Gasteiger partial charge is 0.456 e. The van der Waals surface area contributed by atoms with E-state index in [0.717, 1.165) is 111 Å². The van der Waals surface area contributed by atoms with Gasteiger partial charge in [0.1, 0.15) is 34.3 Å². The van der Waals surface area contributed by atoms with Gasteiger partial charge in [-0.3, -0.25) is 0 Å². The molecule has 11 aromatic rings. The van der Waals surface area contributed by atoms with Crippen LogP contribution in [0.25, 0.3) is 88.0 Å². The number of aliphatic imine (C=N–C) groups is 2. The maximum atomic E-state index is 6.81. The quantitative estimate of drug-likeness (QED) is 0.183. The predicted octanol–water partition coefficient (Wildman–Crippen LogP) is 14.1. The van der Waals surface area contributed by atoms with Crippen molar-refractivity contribution < 1.29 is 8.83 Å². The molecule has 1 N–H and O–H groups in total. The Labute approximate surface area is 345 Å². The van der Waals surface area contributed by atoms with Crippen molar-refractivity contribution in [2.75, 3.05) is 0 Å². The number of nitrogens with one attached hydrogen (secondary N) is 1. The third kappa shape index (κ3) is 5.78. The van der Waals surface area contributed by atoms with Crippen molar-refractivity contribution in [1.82, 2.24) is 5.32 Å². The van der Waals surface area contributed by atoms with Crippen LogP contribution >= 0.6 is 0 Å². The molecule has 1 aliphatic rings. The van der Waals surface area contributed by atoms with Gasteiger partial charge in [0.2, 0.25) is 0 Å². The fourth-order valence-corrected chi connectivity index (χ4v) is 8.74. The number of amidine groups is 2. The standard InChI is InChI=1S/C55H35N3O2/c1-3-12-34(13-4-1)39-17-11-18-41(30-39)46-31-42(32-47-51-43-19-8-7-14-36(43)27-29-49(51)60-52(46)47)55-57-53(37-15-5-2-6-16-37)56-54(58-55)38-24-22-35(23-25-38)40-26-28-45-44-20-9-10-21-48(44)59-50(45)33-40/h1-33,54H,(H,56,57,58). The molecule has 60 heavy (non-hydrogen) atoms. The van der Waals surface area contributed by atoms with Crippen LogP contribution in [0.4, 0.5) is 0 Å². The van der Waals surface area contributed by atoms with Crippen LogP contribution < -0.4 is 5.32 Å². The first kappa shape index (κ1) is 34.1. The van der Waals surface area contributed by atoms with E-state index in [1.807, 2.05) is 42.5 Å². The van der Waals surface area contributed by atoms with Crippen LogP contribution in [0, 0.1) is 0 Å². The average molecular weight is 770 g/mol. The SMILES string of the molecule is c1ccc(C2=NC(c3cc(-c4cccc(-c5ccccc5)c4)c4oc5ccc6ccccc6c5c4c3)=NC(c3ccc(-c4ccc5c(c4)oc4ccccc45)cc3)N2)cc1. The van der Waals surface area contributed by atoms with Gasteiger partial charge < -0.3 is 14.2 Å². The van der Waals surface area contributed by atoms with Crippen LogP contribution in [-0.4, -0.2) is 11.7 Å². The molecule has 0 saturated heterocycles. The van der Waals surface area contributed by atoms with E-state index in [2.05, 4.69) is 163 Å². The molecule has 3 heterocycles. The van der Waals surface area contributed by atoms with Crippen molar-refractivity contribution in [3.05, 3.63) is 217 Å². The number of para-hydroxylation sites is 1. The summed E-state index contributed by atoms with van der Waals surface area (Å²) in [5.74, 6) is 1.41. The van der Waals surface area contributed by atoms with Gasteiger partial charge in [0.15, 0.2) is 5.84 Å². The Kier molecular flexibility index (Phi) is 7.85. The highest BCUT2D eigenvalue weighted by molar-refractivity contribution is 6.23. The second kappa shape index (κ2) is 13.8. The lowest BCUT2D eigenvalue weighted by atomic mass is 9.94. The third-order valence-corrected chi connectivity index (χ3v) is 11.7. The minimum Gasteiger partial charge on any atom is -0.456 e. The molecule has 0 saturated carbocycles. The zero-order chi connectivity index (χ0) is 39.6. The summed E-state index contributed by atoms with van der Waals surface area (Å²) in [7, 11) is 0. The summed E-state index contributed by atoms with van der Waals surface area (Å²) >= 11 is 0. The lowest BCUT2D eigenvalue weighted by Gasteiger charge is -2.24. The van der Waals surface area contributed by atoms with Crippen LogP contribution in [0.5, 0.6) is 0 Å². The average Bonchev–Trinajstić information content (AvgIpc) is 3.90. The van der Waals surface area contributed by atoms with Gasteiger partial charge in [0.25, 0.3) is 0 Å². The van der Waals surface area contributed by atoms with Crippen molar-refractivity contribution >= 4 is 66.3 Å². The molecule has 5 heteroatoms. The fraction of sp³-hybridized carbons (Fsp3) is 0.0182. The highest BCUT2D eigenvalue weighted by atomic mass is 16.3.